The summed E-state index contributed by atoms with van der Waals surface area (Å²) in [7, 11) is 4.60. The van der Waals surface area contributed by atoms with Crippen LogP contribution in [-0.4, -0.2) is 129 Å². The summed E-state index contributed by atoms with van der Waals surface area (Å²) in [5, 5.41) is 13.4. The quantitative estimate of drug-likeness (QED) is 0.191. The molecule has 3 aromatic rings. The minimum atomic E-state index is -0.781. The van der Waals surface area contributed by atoms with E-state index in [1.54, 1.807) is 12.1 Å². The molecule has 3 fully saturated rings. The van der Waals surface area contributed by atoms with Gasteiger partial charge in [0, 0.05) is 69.8 Å². The van der Waals surface area contributed by atoms with Crippen molar-refractivity contribution in [1.29, 1.82) is 0 Å². The number of carboxylic acids is 1. The number of urea groups is 1. The number of nitrogens with zero attached hydrogens (tertiary/aromatic N) is 4. The van der Waals surface area contributed by atoms with Crippen LogP contribution in [0.25, 0.3) is 0 Å². The average Bonchev–Trinajstić information content (AvgIpc) is 3.66. The highest BCUT2D eigenvalue weighted by atomic mass is 35.5. The zero-order chi connectivity index (χ0) is 39.9. The standard InChI is InChI=1S/C42H53Cl2N5O7/c1-54-35-26-30(27-36(55-2)38(35)56-3)39(52)49-21-14-41(29-49,32-11-12-33(43)34(44)28-32)13-18-47-19-15-42(16-20-47,31-8-5-4-6-9-31)45-40(53)48-24-22-46(23-25-48)17-7-10-37(50)51/h4-6,8-9,11-12,26-28H,7,10,13-25,29H2,1-3H3,(H,45,53)(H,50,51). The van der Waals surface area contributed by atoms with Gasteiger partial charge in [-0.25, -0.2) is 4.79 Å². The number of amides is 3. The van der Waals surface area contributed by atoms with Gasteiger partial charge in [0.15, 0.2) is 11.5 Å². The predicted molar refractivity (Wildman–Crippen MR) is 217 cm³/mol. The number of hydrogen-bond acceptors (Lipinski definition) is 8. The Bertz CT molecular complexity index is 1830. The maximum absolute atomic E-state index is 14.1. The van der Waals surface area contributed by atoms with E-state index in [1.165, 1.54) is 21.3 Å². The van der Waals surface area contributed by atoms with E-state index < -0.39 is 11.5 Å². The van der Waals surface area contributed by atoms with Crippen LogP contribution in [0.4, 0.5) is 4.79 Å². The number of benzene rings is 3. The lowest BCUT2D eigenvalue weighted by atomic mass is 9.76. The summed E-state index contributed by atoms with van der Waals surface area (Å²) in [6.07, 6.45) is 3.82. The van der Waals surface area contributed by atoms with Crippen molar-refractivity contribution in [3.05, 3.63) is 87.4 Å². The second-order valence-corrected chi connectivity index (χ2v) is 15.9. The van der Waals surface area contributed by atoms with E-state index in [4.69, 9.17) is 42.5 Å². The van der Waals surface area contributed by atoms with Crippen LogP contribution in [0.1, 0.15) is 60.0 Å². The first-order valence-corrected chi connectivity index (χ1v) is 20.1. The zero-order valence-electron chi connectivity index (χ0n) is 32.5. The molecule has 0 aliphatic carbocycles. The number of hydrogen-bond donors (Lipinski definition) is 2. The third kappa shape index (κ3) is 9.31. The predicted octanol–water partition coefficient (Wildman–Crippen LogP) is 6.38. The van der Waals surface area contributed by atoms with Crippen molar-refractivity contribution in [2.75, 3.05) is 86.8 Å². The molecule has 3 saturated heterocycles. The van der Waals surface area contributed by atoms with Crippen LogP contribution in [-0.2, 0) is 15.7 Å². The molecular formula is C42H53Cl2N5O7. The van der Waals surface area contributed by atoms with Gasteiger partial charge in [0.05, 0.1) is 36.9 Å². The Morgan fingerprint density at radius 1 is 0.732 bits per heavy atom. The Labute approximate surface area is 339 Å². The number of carbonyl (C=O) groups is 3. The smallest absolute Gasteiger partial charge is 0.318 e. The SMILES string of the molecule is COc1cc(C(=O)N2CCC(CCN3CCC(NC(=O)N4CCN(CCCC(=O)O)CC4)(c4ccccc4)CC3)(c3ccc(Cl)c(Cl)c3)C2)cc(OC)c1OC. The van der Waals surface area contributed by atoms with Gasteiger partial charge in [-0.2, -0.15) is 0 Å². The molecule has 3 aliphatic rings. The van der Waals surface area contributed by atoms with E-state index in [0.717, 1.165) is 76.1 Å². The first kappa shape index (κ1) is 41.4. The molecule has 56 heavy (non-hydrogen) atoms. The highest BCUT2D eigenvalue weighted by Crippen LogP contribution is 2.43. The van der Waals surface area contributed by atoms with Crippen molar-refractivity contribution in [1.82, 2.24) is 24.9 Å². The molecule has 0 spiro atoms. The molecule has 2 N–H and O–H groups in total. The van der Waals surface area contributed by atoms with Crippen molar-refractivity contribution in [2.24, 2.45) is 0 Å². The van der Waals surface area contributed by atoms with Gasteiger partial charge < -0.3 is 39.3 Å². The number of aliphatic carboxylic acids is 1. The number of carbonyl (C=O) groups excluding carboxylic acids is 2. The normalized spacial score (nSPS) is 20.1. The molecule has 12 nitrogen and oxygen atoms in total. The highest BCUT2D eigenvalue weighted by molar-refractivity contribution is 6.42. The highest BCUT2D eigenvalue weighted by Gasteiger charge is 2.44. The van der Waals surface area contributed by atoms with Gasteiger partial charge in [0.1, 0.15) is 0 Å². The van der Waals surface area contributed by atoms with Gasteiger partial charge >= 0.3 is 12.0 Å². The van der Waals surface area contributed by atoms with Crippen molar-refractivity contribution < 1.29 is 33.7 Å². The second-order valence-electron chi connectivity index (χ2n) is 15.1. The number of nitrogens with one attached hydrogen (secondary N) is 1. The van der Waals surface area contributed by atoms with Gasteiger partial charge in [-0.15, -0.1) is 0 Å². The van der Waals surface area contributed by atoms with Gasteiger partial charge in [0.25, 0.3) is 5.91 Å². The van der Waals surface area contributed by atoms with Crippen LogP contribution in [0.15, 0.2) is 60.7 Å². The lowest BCUT2D eigenvalue weighted by Crippen LogP contribution is -2.59. The van der Waals surface area contributed by atoms with Crippen molar-refractivity contribution in [3.8, 4) is 17.2 Å². The van der Waals surface area contributed by atoms with Gasteiger partial charge in [-0.3, -0.25) is 14.5 Å². The molecule has 0 aromatic heterocycles. The summed E-state index contributed by atoms with van der Waals surface area (Å²) in [5.41, 5.74) is 1.74. The van der Waals surface area contributed by atoms with Crippen LogP contribution in [0.2, 0.25) is 10.0 Å². The number of piperidine rings is 1. The first-order valence-electron chi connectivity index (χ1n) is 19.3. The minimum absolute atomic E-state index is 0.0612. The average molecular weight is 811 g/mol. The molecule has 302 valence electrons. The van der Waals surface area contributed by atoms with Crippen molar-refractivity contribution in [3.63, 3.8) is 0 Å². The summed E-state index contributed by atoms with van der Waals surface area (Å²) in [5.74, 6) is 0.375. The zero-order valence-corrected chi connectivity index (χ0v) is 34.0. The fourth-order valence-electron chi connectivity index (χ4n) is 8.53. The fourth-order valence-corrected chi connectivity index (χ4v) is 8.83. The molecule has 14 heteroatoms. The number of ether oxygens (including phenoxy) is 3. The molecular weight excluding hydrogens is 757 g/mol. The monoisotopic (exact) mass is 809 g/mol. The van der Waals surface area contributed by atoms with E-state index in [2.05, 4.69) is 27.2 Å². The molecule has 3 heterocycles. The molecule has 6 rings (SSSR count). The minimum Gasteiger partial charge on any atom is -0.493 e. The van der Waals surface area contributed by atoms with Gasteiger partial charge in [-0.1, -0.05) is 59.6 Å². The Kier molecular flexibility index (Phi) is 13.6. The number of piperazine rings is 1. The van der Waals surface area contributed by atoms with Crippen LogP contribution in [0, 0.1) is 0 Å². The number of likely N-dealkylation sites (tertiary alicyclic amines) is 2. The Balaban J connectivity index is 1.14. The Hall–Kier alpha value is -4.23. The lowest BCUT2D eigenvalue weighted by molar-refractivity contribution is -0.137. The fraction of sp³-hybridized carbons (Fsp3) is 0.500. The Morgan fingerprint density at radius 3 is 2.00 bits per heavy atom. The van der Waals surface area contributed by atoms with Gasteiger partial charge in [0.2, 0.25) is 5.75 Å². The maximum atomic E-state index is 14.1. The molecule has 1 unspecified atom stereocenters. The van der Waals surface area contributed by atoms with E-state index in [1.807, 2.05) is 46.2 Å². The lowest BCUT2D eigenvalue weighted by Gasteiger charge is -2.45. The summed E-state index contributed by atoms with van der Waals surface area (Å²) < 4.78 is 16.6. The van der Waals surface area contributed by atoms with Crippen LogP contribution in [0.3, 0.4) is 0 Å². The Morgan fingerprint density at radius 2 is 1.39 bits per heavy atom. The molecule has 0 bridgehead atoms. The molecule has 3 aromatic carbocycles. The number of methoxy groups -OCH3 is 3. The number of rotatable bonds is 14. The van der Waals surface area contributed by atoms with E-state index in [-0.39, 0.29) is 23.8 Å². The maximum Gasteiger partial charge on any atom is 0.318 e. The molecule has 0 saturated carbocycles. The summed E-state index contributed by atoms with van der Waals surface area (Å²) in [6.45, 7) is 6.83. The van der Waals surface area contributed by atoms with Gasteiger partial charge in [-0.05, 0) is 80.6 Å². The molecule has 0 radical (unpaired) electrons. The van der Waals surface area contributed by atoms with E-state index in [0.29, 0.717) is 65.5 Å². The molecule has 1 atom stereocenters. The molecule has 3 aliphatic heterocycles. The first-order chi connectivity index (χ1) is 27.0. The van der Waals surface area contributed by atoms with Crippen LogP contribution in [0.5, 0.6) is 17.2 Å². The third-order valence-electron chi connectivity index (χ3n) is 11.9. The van der Waals surface area contributed by atoms with Crippen molar-refractivity contribution >= 4 is 41.1 Å². The van der Waals surface area contributed by atoms with Crippen LogP contribution >= 0.6 is 23.2 Å². The summed E-state index contributed by atoms with van der Waals surface area (Å²) >= 11 is 13.0. The van der Waals surface area contributed by atoms with Crippen molar-refractivity contribution in [2.45, 2.75) is 49.5 Å². The third-order valence-corrected chi connectivity index (χ3v) is 12.6. The summed E-state index contributed by atoms with van der Waals surface area (Å²) in [4.78, 5) is 47.3. The van der Waals surface area contributed by atoms with Crippen LogP contribution < -0.4 is 19.5 Å². The second kappa shape index (κ2) is 18.4. The summed E-state index contributed by atoms with van der Waals surface area (Å²) in [6, 6.07) is 19.4. The molecule has 3 amide bonds. The van der Waals surface area contributed by atoms with E-state index >= 15 is 0 Å². The topological polar surface area (TPSA) is 124 Å². The number of halogens is 2. The van der Waals surface area contributed by atoms with E-state index in [9.17, 15) is 14.4 Å². The largest absolute Gasteiger partial charge is 0.493 e. The number of carboxylic acid groups (broad SMARTS) is 1.